The number of carbonyl (C=O) groups excluding carboxylic acids is 1. The van der Waals surface area contributed by atoms with Crippen molar-refractivity contribution in [3.63, 3.8) is 0 Å². The molecule has 0 saturated carbocycles. The van der Waals surface area contributed by atoms with Crippen LogP contribution >= 0.6 is 0 Å². The van der Waals surface area contributed by atoms with Gasteiger partial charge >= 0.3 is 0 Å². The number of aromatic nitrogens is 3. The van der Waals surface area contributed by atoms with Crippen LogP contribution in [-0.4, -0.2) is 27.2 Å². The van der Waals surface area contributed by atoms with Crippen molar-refractivity contribution in [2.24, 2.45) is 7.05 Å². The Morgan fingerprint density at radius 2 is 2.19 bits per heavy atom. The van der Waals surface area contributed by atoms with Gasteiger partial charge in [-0.1, -0.05) is 18.2 Å². The van der Waals surface area contributed by atoms with Crippen LogP contribution in [0.4, 0.5) is 0 Å². The first-order valence-corrected chi connectivity index (χ1v) is 9.18. The number of H-pyrrole nitrogens is 1. The van der Waals surface area contributed by atoms with Gasteiger partial charge in [0.1, 0.15) is 0 Å². The highest BCUT2D eigenvalue weighted by atomic mass is 16.2. The molecule has 140 valence electrons. The minimum atomic E-state index is -0.545. The summed E-state index contributed by atoms with van der Waals surface area (Å²) in [5, 5.41) is 11.7. The molecule has 7 heteroatoms. The Kier molecular flexibility index (Phi) is 4.53. The predicted molar refractivity (Wildman–Crippen MR) is 103 cm³/mol. The Hall–Kier alpha value is -2.93. The van der Waals surface area contributed by atoms with Gasteiger partial charge in [0.05, 0.1) is 18.2 Å². The zero-order chi connectivity index (χ0) is 19.0. The Morgan fingerprint density at radius 3 is 3.04 bits per heavy atom. The number of carbonyl (C=O) groups is 1. The minimum Gasteiger partial charge on any atom is -0.350 e. The van der Waals surface area contributed by atoms with Crippen LogP contribution in [0.3, 0.4) is 0 Å². The summed E-state index contributed by atoms with van der Waals surface area (Å²) in [6, 6.07) is 9.35. The van der Waals surface area contributed by atoms with Crippen molar-refractivity contribution in [2.45, 2.75) is 32.4 Å². The largest absolute Gasteiger partial charge is 0.350 e. The molecule has 3 aromatic rings. The number of aromatic amines is 1. The Balaban J connectivity index is 1.52. The molecule has 0 radical (unpaired) electrons. The second-order valence-corrected chi connectivity index (χ2v) is 7.00. The van der Waals surface area contributed by atoms with E-state index in [1.54, 1.807) is 13.0 Å². The van der Waals surface area contributed by atoms with Gasteiger partial charge in [0.15, 0.2) is 0 Å². The number of fused-ring (bicyclic) bond motifs is 2. The molecule has 1 aromatic carbocycles. The summed E-state index contributed by atoms with van der Waals surface area (Å²) < 4.78 is 1.90. The average Bonchev–Trinajstić information content (AvgIpc) is 3.01. The smallest absolute Gasteiger partial charge is 0.252 e. The third-order valence-electron chi connectivity index (χ3n) is 5.27. The zero-order valence-corrected chi connectivity index (χ0v) is 15.5. The van der Waals surface area contributed by atoms with Crippen molar-refractivity contribution < 1.29 is 4.79 Å². The molecule has 0 bridgehead atoms. The maximum Gasteiger partial charge on any atom is 0.252 e. The molecular weight excluding hydrogens is 342 g/mol. The van der Waals surface area contributed by atoms with Crippen LogP contribution in [0.25, 0.3) is 10.9 Å². The molecule has 1 amide bonds. The van der Waals surface area contributed by atoms with Crippen molar-refractivity contribution >= 4 is 16.8 Å². The molecular formula is C20H23N5O2. The topological polar surface area (TPSA) is 91.8 Å². The fourth-order valence-corrected chi connectivity index (χ4v) is 3.69. The predicted octanol–water partition coefficient (Wildman–Crippen LogP) is 1.33. The molecule has 2 aromatic heterocycles. The van der Waals surface area contributed by atoms with Crippen molar-refractivity contribution in [3.8, 4) is 0 Å². The van der Waals surface area contributed by atoms with E-state index in [9.17, 15) is 9.59 Å². The van der Waals surface area contributed by atoms with Gasteiger partial charge in [-0.3, -0.25) is 14.3 Å². The molecule has 27 heavy (non-hydrogen) atoms. The van der Waals surface area contributed by atoms with Gasteiger partial charge in [0, 0.05) is 48.9 Å². The summed E-state index contributed by atoms with van der Waals surface area (Å²) in [7, 11) is 1.94. The maximum absolute atomic E-state index is 12.7. The summed E-state index contributed by atoms with van der Waals surface area (Å²) in [4.78, 5) is 27.9. The highest BCUT2D eigenvalue weighted by molar-refractivity contribution is 5.85. The number of amides is 1. The quantitative estimate of drug-likeness (QED) is 0.650. The molecule has 0 fully saturated rings. The number of nitrogens with one attached hydrogen (secondary N) is 3. The van der Waals surface area contributed by atoms with Crippen LogP contribution in [-0.2, 0) is 31.4 Å². The number of aryl methyl sites for hydroxylation is 1. The van der Waals surface area contributed by atoms with Crippen LogP contribution in [0.5, 0.6) is 0 Å². The van der Waals surface area contributed by atoms with Crippen molar-refractivity contribution in [3.05, 3.63) is 63.2 Å². The van der Waals surface area contributed by atoms with E-state index in [-0.39, 0.29) is 11.5 Å². The summed E-state index contributed by atoms with van der Waals surface area (Å²) in [5.41, 5.74) is 4.28. The zero-order valence-electron chi connectivity index (χ0n) is 15.5. The standard InChI is InChI=1S/C20H23N5O2/c1-12(14-9-13-5-3-4-6-16(13)23-20(14)27)19(26)22-11-17-15-10-21-8-7-18(15)25(2)24-17/h3-6,9,12,21H,7-8,10-11H2,1-2H3,(H,22,26)(H,23,27). The highest BCUT2D eigenvalue weighted by Crippen LogP contribution is 2.19. The van der Waals surface area contributed by atoms with E-state index in [2.05, 4.69) is 20.7 Å². The summed E-state index contributed by atoms with van der Waals surface area (Å²) >= 11 is 0. The van der Waals surface area contributed by atoms with Gasteiger partial charge < -0.3 is 15.6 Å². The maximum atomic E-state index is 12.7. The number of para-hydroxylation sites is 1. The first-order chi connectivity index (χ1) is 13.0. The lowest BCUT2D eigenvalue weighted by atomic mass is 10.00. The van der Waals surface area contributed by atoms with E-state index in [0.29, 0.717) is 12.1 Å². The Labute approximate surface area is 156 Å². The fourth-order valence-electron chi connectivity index (χ4n) is 3.69. The monoisotopic (exact) mass is 365 g/mol. The first-order valence-electron chi connectivity index (χ1n) is 9.18. The number of benzene rings is 1. The lowest BCUT2D eigenvalue weighted by Crippen LogP contribution is -2.31. The molecule has 1 atom stereocenters. The van der Waals surface area contributed by atoms with Gasteiger partial charge in [0.2, 0.25) is 5.91 Å². The number of rotatable bonds is 4. The lowest BCUT2D eigenvalue weighted by molar-refractivity contribution is -0.122. The molecule has 3 N–H and O–H groups in total. The number of pyridine rings is 1. The van der Waals surface area contributed by atoms with E-state index >= 15 is 0 Å². The molecule has 1 unspecified atom stereocenters. The van der Waals surface area contributed by atoms with Crippen molar-refractivity contribution in [1.29, 1.82) is 0 Å². The van der Waals surface area contributed by atoms with Gasteiger partial charge in [-0.2, -0.15) is 5.10 Å². The van der Waals surface area contributed by atoms with Gasteiger partial charge in [-0.05, 0) is 24.4 Å². The Bertz CT molecular complexity index is 1070. The lowest BCUT2D eigenvalue weighted by Gasteiger charge is -2.15. The molecule has 0 aliphatic carbocycles. The Morgan fingerprint density at radius 1 is 1.37 bits per heavy atom. The van der Waals surface area contributed by atoms with Crippen molar-refractivity contribution in [2.75, 3.05) is 6.54 Å². The van der Waals surface area contributed by atoms with Crippen LogP contribution in [0.2, 0.25) is 0 Å². The molecule has 0 spiro atoms. The van der Waals surface area contributed by atoms with E-state index < -0.39 is 5.92 Å². The van der Waals surface area contributed by atoms with Crippen LogP contribution in [0.1, 0.15) is 35.4 Å². The molecule has 0 saturated heterocycles. The average molecular weight is 365 g/mol. The first kappa shape index (κ1) is 17.5. The van der Waals surface area contributed by atoms with E-state index in [0.717, 1.165) is 36.1 Å². The second-order valence-electron chi connectivity index (χ2n) is 7.00. The van der Waals surface area contributed by atoms with E-state index in [1.165, 1.54) is 11.3 Å². The highest BCUT2D eigenvalue weighted by Gasteiger charge is 2.22. The third-order valence-corrected chi connectivity index (χ3v) is 5.27. The van der Waals surface area contributed by atoms with Gasteiger partial charge in [0.25, 0.3) is 5.56 Å². The van der Waals surface area contributed by atoms with E-state index in [4.69, 9.17) is 0 Å². The van der Waals surface area contributed by atoms with Gasteiger partial charge in [-0.15, -0.1) is 0 Å². The molecule has 1 aliphatic rings. The van der Waals surface area contributed by atoms with Crippen LogP contribution in [0, 0.1) is 0 Å². The second kappa shape index (κ2) is 7.00. The fraction of sp³-hybridized carbons (Fsp3) is 0.350. The molecule has 3 heterocycles. The third kappa shape index (κ3) is 3.26. The summed E-state index contributed by atoms with van der Waals surface area (Å²) in [5.74, 6) is -0.727. The van der Waals surface area contributed by atoms with E-state index in [1.807, 2.05) is 36.0 Å². The number of hydrogen-bond acceptors (Lipinski definition) is 4. The molecule has 4 rings (SSSR count). The summed E-state index contributed by atoms with van der Waals surface area (Å²) in [6.45, 7) is 3.83. The number of hydrogen-bond donors (Lipinski definition) is 3. The molecule has 7 nitrogen and oxygen atoms in total. The minimum absolute atomic E-state index is 0.182. The molecule has 1 aliphatic heterocycles. The van der Waals surface area contributed by atoms with Gasteiger partial charge in [-0.25, -0.2) is 0 Å². The normalized spacial score (nSPS) is 14.7. The van der Waals surface area contributed by atoms with Crippen LogP contribution < -0.4 is 16.2 Å². The van der Waals surface area contributed by atoms with Crippen LogP contribution in [0.15, 0.2) is 35.1 Å². The summed E-state index contributed by atoms with van der Waals surface area (Å²) in [6.07, 6.45) is 0.940. The van der Waals surface area contributed by atoms with Crippen molar-refractivity contribution in [1.82, 2.24) is 25.4 Å². The SMILES string of the molecule is CC(C(=O)NCc1nn(C)c2c1CNCC2)c1cc2ccccc2[nH]c1=O. The number of nitrogens with zero attached hydrogens (tertiary/aromatic N) is 2.